The fourth-order valence-electron chi connectivity index (χ4n) is 3.15. The number of hydrogen-bond acceptors (Lipinski definition) is 8. The first-order chi connectivity index (χ1) is 15.3. The van der Waals surface area contributed by atoms with Crippen LogP contribution in [0.1, 0.15) is 27.0 Å². The van der Waals surface area contributed by atoms with Crippen LogP contribution in [0.4, 0.5) is 10.8 Å². The van der Waals surface area contributed by atoms with Crippen molar-refractivity contribution >= 4 is 45.7 Å². The number of aromatic nitrogens is 2. The molecule has 0 spiro atoms. The first-order valence-corrected chi connectivity index (χ1v) is 11.5. The molecule has 10 heteroatoms. The SMILES string of the molecule is COc1ccc(C(=O)Nc2nnc(SCC(=O)Nc3c(C)cc(C)cc3C)s2)c(OC)c1. The van der Waals surface area contributed by atoms with Gasteiger partial charge in [0.15, 0.2) is 4.34 Å². The number of thioether (sulfide) groups is 1. The van der Waals surface area contributed by atoms with Crippen LogP contribution in [-0.2, 0) is 4.79 Å². The maximum Gasteiger partial charge on any atom is 0.261 e. The third-order valence-electron chi connectivity index (χ3n) is 4.55. The van der Waals surface area contributed by atoms with Gasteiger partial charge in [-0.15, -0.1) is 10.2 Å². The quantitative estimate of drug-likeness (QED) is 0.368. The van der Waals surface area contributed by atoms with Gasteiger partial charge in [0, 0.05) is 11.8 Å². The average Bonchev–Trinajstić information content (AvgIpc) is 3.21. The van der Waals surface area contributed by atoms with Crippen LogP contribution < -0.4 is 20.1 Å². The average molecular weight is 473 g/mol. The lowest BCUT2D eigenvalue weighted by atomic mass is 10.1. The summed E-state index contributed by atoms with van der Waals surface area (Å²) in [5.41, 5.74) is 4.38. The molecule has 3 rings (SSSR count). The van der Waals surface area contributed by atoms with Gasteiger partial charge in [0.05, 0.1) is 25.5 Å². The Morgan fingerprint density at radius 3 is 2.38 bits per heavy atom. The van der Waals surface area contributed by atoms with Gasteiger partial charge in [0.2, 0.25) is 11.0 Å². The number of hydrogen-bond donors (Lipinski definition) is 2. The van der Waals surface area contributed by atoms with E-state index in [1.165, 1.54) is 30.2 Å². The molecule has 2 aromatic carbocycles. The van der Waals surface area contributed by atoms with Crippen molar-refractivity contribution in [2.75, 3.05) is 30.6 Å². The first-order valence-electron chi connectivity index (χ1n) is 9.68. The van der Waals surface area contributed by atoms with E-state index in [9.17, 15) is 9.59 Å². The van der Waals surface area contributed by atoms with Crippen LogP contribution in [0, 0.1) is 20.8 Å². The zero-order chi connectivity index (χ0) is 23.3. The van der Waals surface area contributed by atoms with Crippen LogP contribution in [0.2, 0.25) is 0 Å². The molecule has 0 radical (unpaired) electrons. The highest BCUT2D eigenvalue weighted by Gasteiger charge is 2.16. The van der Waals surface area contributed by atoms with Crippen molar-refractivity contribution in [2.24, 2.45) is 0 Å². The Kier molecular flexibility index (Phi) is 7.70. The number of amides is 2. The van der Waals surface area contributed by atoms with E-state index < -0.39 is 0 Å². The molecule has 2 N–H and O–H groups in total. The Morgan fingerprint density at radius 1 is 1.00 bits per heavy atom. The molecule has 3 aromatic rings. The van der Waals surface area contributed by atoms with Gasteiger partial charge >= 0.3 is 0 Å². The number of nitrogens with one attached hydrogen (secondary N) is 2. The summed E-state index contributed by atoms with van der Waals surface area (Å²) in [5, 5.41) is 14.0. The maximum absolute atomic E-state index is 12.6. The molecule has 0 aliphatic rings. The predicted molar refractivity (Wildman–Crippen MR) is 127 cm³/mol. The minimum Gasteiger partial charge on any atom is -0.497 e. The zero-order valence-electron chi connectivity index (χ0n) is 18.4. The standard InChI is InChI=1S/C22H24N4O4S2/c1-12-8-13(2)19(14(3)9-12)23-18(27)11-31-22-26-25-21(32-22)24-20(28)16-7-6-15(29-4)10-17(16)30-5/h6-10H,11H2,1-5H3,(H,23,27)(H,24,25,28). The highest BCUT2D eigenvalue weighted by atomic mass is 32.2. The first kappa shape index (κ1) is 23.6. The van der Waals surface area contributed by atoms with Crippen molar-refractivity contribution in [3.05, 3.63) is 52.6 Å². The lowest BCUT2D eigenvalue weighted by molar-refractivity contribution is -0.113. The topological polar surface area (TPSA) is 102 Å². The molecular formula is C22H24N4O4S2. The number of aryl methyl sites for hydroxylation is 3. The molecule has 0 aliphatic carbocycles. The molecule has 0 atom stereocenters. The fraction of sp³-hybridized carbons (Fsp3) is 0.273. The summed E-state index contributed by atoms with van der Waals surface area (Å²) in [6, 6.07) is 8.99. The van der Waals surface area contributed by atoms with E-state index in [0.717, 1.165) is 22.4 Å². The van der Waals surface area contributed by atoms with Crippen LogP contribution in [0.15, 0.2) is 34.7 Å². The summed E-state index contributed by atoms with van der Waals surface area (Å²) in [7, 11) is 3.02. The predicted octanol–water partition coefficient (Wildman–Crippen LogP) is 4.46. The van der Waals surface area contributed by atoms with Crippen molar-refractivity contribution in [3.8, 4) is 11.5 Å². The molecule has 0 bridgehead atoms. The highest BCUT2D eigenvalue weighted by Crippen LogP contribution is 2.29. The van der Waals surface area contributed by atoms with Gasteiger partial charge in [-0.3, -0.25) is 14.9 Å². The molecule has 32 heavy (non-hydrogen) atoms. The number of anilines is 2. The smallest absolute Gasteiger partial charge is 0.261 e. The second-order valence-electron chi connectivity index (χ2n) is 7.00. The van der Waals surface area contributed by atoms with Crippen LogP contribution >= 0.6 is 23.1 Å². The van der Waals surface area contributed by atoms with Crippen molar-refractivity contribution in [3.63, 3.8) is 0 Å². The molecule has 0 unspecified atom stereocenters. The van der Waals surface area contributed by atoms with Crippen LogP contribution in [0.5, 0.6) is 11.5 Å². The Hall–Kier alpha value is -3.11. The summed E-state index contributed by atoms with van der Waals surface area (Å²) in [6.45, 7) is 5.97. The number of nitrogens with zero attached hydrogens (tertiary/aromatic N) is 2. The van der Waals surface area contributed by atoms with Crippen molar-refractivity contribution in [2.45, 2.75) is 25.1 Å². The summed E-state index contributed by atoms with van der Waals surface area (Å²) < 4.78 is 11.0. The zero-order valence-corrected chi connectivity index (χ0v) is 20.1. The minimum absolute atomic E-state index is 0.131. The van der Waals surface area contributed by atoms with Gasteiger partial charge < -0.3 is 14.8 Å². The Morgan fingerprint density at radius 2 is 1.72 bits per heavy atom. The van der Waals surface area contributed by atoms with E-state index >= 15 is 0 Å². The number of carbonyl (C=O) groups is 2. The van der Waals surface area contributed by atoms with Gasteiger partial charge in [-0.05, 0) is 44.0 Å². The third kappa shape index (κ3) is 5.77. The van der Waals surface area contributed by atoms with Crippen LogP contribution in [0.25, 0.3) is 0 Å². The van der Waals surface area contributed by atoms with Crippen molar-refractivity contribution in [1.29, 1.82) is 0 Å². The van der Waals surface area contributed by atoms with Gasteiger partial charge in [-0.25, -0.2) is 0 Å². The summed E-state index contributed by atoms with van der Waals surface area (Å²) in [5.74, 6) is 0.650. The molecule has 1 heterocycles. The monoisotopic (exact) mass is 472 g/mol. The minimum atomic E-state index is -0.375. The largest absolute Gasteiger partial charge is 0.497 e. The molecule has 8 nitrogen and oxygen atoms in total. The van der Waals surface area contributed by atoms with E-state index in [1.807, 2.05) is 32.9 Å². The molecule has 0 saturated carbocycles. The second-order valence-corrected chi connectivity index (χ2v) is 9.20. The lowest BCUT2D eigenvalue weighted by Gasteiger charge is -2.12. The van der Waals surface area contributed by atoms with Gasteiger partial charge in [0.1, 0.15) is 11.5 Å². The Bertz CT molecular complexity index is 1120. The van der Waals surface area contributed by atoms with E-state index in [0.29, 0.717) is 26.5 Å². The number of benzene rings is 2. The summed E-state index contributed by atoms with van der Waals surface area (Å²) >= 11 is 2.46. The number of carbonyl (C=O) groups excluding carboxylic acids is 2. The fourth-order valence-corrected chi connectivity index (χ4v) is 4.70. The number of methoxy groups -OCH3 is 2. The van der Waals surface area contributed by atoms with Crippen LogP contribution in [0.3, 0.4) is 0 Å². The Labute approximate surface area is 194 Å². The number of rotatable bonds is 8. The molecule has 0 aliphatic heterocycles. The molecule has 1 aromatic heterocycles. The van der Waals surface area contributed by atoms with Crippen molar-refractivity contribution < 1.29 is 19.1 Å². The molecule has 0 saturated heterocycles. The molecule has 2 amide bonds. The third-order valence-corrected chi connectivity index (χ3v) is 6.52. The van der Waals surface area contributed by atoms with E-state index in [1.54, 1.807) is 25.3 Å². The van der Waals surface area contributed by atoms with E-state index in [2.05, 4.69) is 20.8 Å². The van der Waals surface area contributed by atoms with E-state index in [4.69, 9.17) is 9.47 Å². The Balaban J connectivity index is 1.58. The second kappa shape index (κ2) is 10.5. The summed E-state index contributed by atoms with van der Waals surface area (Å²) in [4.78, 5) is 25.0. The normalized spacial score (nSPS) is 10.5. The van der Waals surface area contributed by atoms with Gasteiger partial charge in [0.25, 0.3) is 5.91 Å². The number of ether oxygens (including phenoxy) is 2. The van der Waals surface area contributed by atoms with Gasteiger partial charge in [-0.2, -0.15) is 0 Å². The highest BCUT2D eigenvalue weighted by molar-refractivity contribution is 8.01. The van der Waals surface area contributed by atoms with Crippen molar-refractivity contribution in [1.82, 2.24) is 10.2 Å². The van der Waals surface area contributed by atoms with Crippen LogP contribution in [-0.4, -0.2) is 42.0 Å². The molecule has 168 valence electrons. The lowest BCUT2D eigenvalue weighted by Crippen LogP contribution is -2.15. The van der Waals surface area contributed by atoms with Gasteiger partial charge in [-0.1, -0.05) is 40.8 Å². The van der Waals surface area contributed by atoms with E-state index in [-0.39, 0.29) is 17.6 Å². The molecular weight excluding hydrogens is 448 g/mol. The molecule has 0 fully saturated rings. The summed E-state index contributed by atoms with van der Waals surface area (Å²) in [6.07, 6.45) is 0. The maximum atomic E-state index is 12.6.